The lowest BCUT2D eigenvalue weighted by Crippen LogP contribution is -2.03. The Hall–Kier alpha value is -1.31. The molecule has 0 N–H and O–H groups in total. The van der Waals surface area contributed by atoms with Gasteiger partial charge in [0.25, 0.3) is 0 Å². The molecule has 1 aromatic carbocycles. The van der Waals surface area contributed by atoms with Crippen molar-refractivity contribution in [3.05, 3.63) is 35.9 Å². The molecule has 0 atom stereocenters. The standard InChI is InChI=1S/C8H8O2.C8H16/c1-10-8(9)7-5-3-2-4-6-7;1-2-8-6-4-3-5-7-8/h2-6H,1H3;8H,2-7H2,1H3. The van der Waals surface area contributed by atoms with Crippen LogP contribution in [-0.4, -0.2) is 13.1 Å². The quantitative estimate of drug-likeness (QED) is 0.723. The van der Waals surface area contributed by atoms with E-state index < -0.39 is 0 Å². The minimum Gasteiger partial charge on any atom is -0.465 e. The van der Waals surface area contributed by atoms with Crippen LogP contribution in [0.3, 0.4) is 0 Å². The molecule has 0 amide bonds. The van der Waals surface area contributed by atoms with Gasteiger partial charge in [-0.05, 0) is 18.1 Å². The molecule has 0 heterocycles. The molecule has 0 aromatic heterocycles. The molecule has 1 aliphatic rings. The van der Waals surface area contributed by atoms with Crippen molar-refractivity contribution in [1.82, 2.24) is 0 Å². The summed E-state index contributed by atoms with van der Waals surface area (Å²) < 4.78 is 4.50. The molecule has 0 aliphatic heterocycles. The van der Waals surface area contributed by atoms with Gasteiger partial charge in [0, 0.05) is 0 Å². The van der Waals surface area contributed by atoms with Crippen LogP contribution in [0.15, 0.2) is 30.3 Å². The Bertz CT molecular complexity index is 326. The number of methoxy groups -OCH3 is 1. The van der Waals surface area contributed by atoms with E-state index in [0.717, 1.165) is 5.92 Å². The van der Waals surface area contributed by atoms with E-state index in [0.29, 0.717) is 5.56 Å². The maximum atomic E-state index is 10.8. The van der Waals surface area contributed by atoms with Gasteiger partial charge in [0.15, 0.2) is 0 Å². The normalized spacial score (nSPS) is 15.4. The van der Waals surface area contributed by atoms with Crippen LogP contribution in [-0.2, 0) is 4.74 Å². The highest BCUT2D eigenvalue weighted by molar-refractivity contribution is 5.89. The largest absolute Gasteiger partial charge is 0.465 e. The fourth-order valence-corrected chi connectivity index (χ4v) is 2.29. The van der Waals surface area contributed by atoms with Crippen molar-refractivity contribution in [2.24, 2.45) is 5.92 Å². The second-order valence-electron chi connectivity index (χ2n) is 4.77. The van der Waals surface area contributed by atoms with E-state index >= 15 is 0 Å². The lowest BCUT2D eigenvalue weighted by Gasteiger charge is -2.18. The van der Waals surface area contributed by atoms with Gasteiger partial charge in [0.1, 0.15) is 0 Å². The molecule has 100 valence electrons. The number of benzene rings is 1. The number of hydrogen-bond acceptors (Lipinski definition) is 2. The SMILES string of the molecule is CCC1CCCCC1.COC(=O)c1ccccc1. The van der Waals surface area contributed by atoms with Gasteiger partial charge in [-0.3, -0.25) is 0 Å². The van der Waals surface area contributed by atoms with Gasteiger partial charge in [0.05, 0.1) is 12.7 Å². The van der Waals surface area contributed by atoms with Crippen LogP contribution in [0, 0.1) is 5.92 Å². The highest BCUT2D eigenvalue weighted by Gasteiger charge is 2.09. The van der Waals surface area contributed by atoms with Crippen molar-refractivity contribution in [3.8, 4) is 0 Å². The van der Waals surface area contributed by atoms with Crippen molar-refractivity contribution >= 4 is 5.97 Å². The fourth-order valence-electron chi connectivity index (χ4n) is 2.29. The first-order valence-corrected chi connectivity index (χ1v) is 6.91. The minimum atomic E-state index is -0.291. The molecule has 0 bridgehead atoms. The Morgan fingerprint density at radius 3 is 2.22 bits per heavy atom. The number of hydrogen-bond donors (Lipinski definition) is 0. The molecular weight excluding hydrogens is 224 g/mol. The van der Waals surface area contributed by atoms with Gasteiger partial charge in [-0.15, -0.1) is 0 Å². The average Bonchev–Trinajstić information content (AvgIpc) is 2.49. The molecule has 0 saturated heterocycles. The van der Waals surface area contributed by atoms with Crippen LogP contribution >= 0.6 is 0 Å². The minimum absolute atomic E-state index is 0.291. The van der Waals surface area contributed by atoms with E-state index in [-0.39, 0.29) is 5.97 Å². The van der Waals surface area contributed by atoms with Crippen molar-refractivity contribution in [2.75, 3.05) is 7.11 Å². The topological polar surface area (TPSA) is 26.3 Å². The van der Waals surface area contributed by atoms with Gasteiger partial charge in [-0.1, -0.05) is 63.6 Å². The average molecular weight is 248 g/mol. The highest BCUT2D eigenvalue weighted by Crippen LogP contribution is 2.25. The molecule has 0 unspecified atom stereocenters. The van der Waals surface area contributed by atoms with Gasteiger partial charge in [-0.2, -0.15) is 0 Å². The van der Waals surface area contributed by atoms with E-state index in [1.54, 1.807) is 24.3 Å². The van der Waals surface area contributed by atoms with Crippen molar-refractivity contribution < 1.29 is 9.53 Å². The van der Waals surface area contributed by atoms with Crippen molar-refractivity contribution in [2.45, 2.75) is 45.4 Å². The maximum Gasteiger partial charge on any atom is 0.337 e. The molecule has 2 heteroatoms. The number of ether oxygens (including phenoxy) is 1. The number of esters is 1. The molecule has 1 fully saturated rings. The summed E-state index contributed by atoms with van der Waals surface area (Å²) in [5, 5.41) is 0. The molecule has 1 aliphatic carbocycles. The molecule has 2 nitrogen and oxygen atoms in total. The first-order chi connectivity index (χ1) is 8.77. The molecular formula is C16H24O2. The van der Waals surface area contributed by atoms with Crippen LogP contribution in [0.25, 0.3) is 0 Å². The summed E-state index contributed by atoms with van der Waals surface area (Å²) in [5.41, 5.74) is 0.588. The lowest BCUT2D eigenvalue weighted by molar-refractivity contribution is 0.0601. The van der Waals surface area contributed by atoms with Gasteiger partial charge in [-0.25, -0.2) is 4.79 Å². The number of rotatable bonds is 2. The molecule has 1 saturated carbocycles. The molecule has 0 spiro atoms. The first-order valence-electron chi connectivity index (χ1n) is 6.91. The molecule has 0 radical (unpaired) electrons. The second kappa shape index (κ2) is 8.73. The third kappa shape index (κ3) is 5.35. The predicted octanol–water partition coefficient (Wildman–Crippen LogP) is 4.45. The zero-order valence-corrected chi connectivity index (χ0v) is 11.5. The summed E-state index contributed by atoms with van der Waals surface area (Å²) in [7, 11) is 1.37. The van der Waals surface area contributed by atoms with E-state index in [9.17, 15) is 4.79 Å². The summed E-state index contributed by atoms with van der Waals surface area (Å²) in [5.74, 6) is 0.796. The summed E-state index contributed by atoms with van der Waals surface area (Å²) in [6.45, 7) is 2.32. The summed E-state index contributed by atoms with van der Waals surface area (Å²) >= 11 is 0. The number of carbonyl (C=O) groups excluding carboxylic acids is 1. The van der Waals surface area contributed by atoms with Gasteiger partial charge < -0.3 is 4.74 Å². The zero-order chi connectivity index (χ0) is 13.2. The molecule has 18 heavy (non-hydrogen) atoms. The Labute approximate surface area is 110 Å². The monoisotopic (exact) mass is 248 g/mol. The van der Waals surface area contributed by atoms with E-state index in [1.807, 2.05) is 6.07 Å². The summed E-state index contributed by atoms with van der Waals surface area (Å²) in [6.07, 6.45) is 8.93. The smallest absolute Gasteiger partial charge is 0.337 e. The first kappa shape index (κ1) is 14.7. The summed E-state index contributed by atoms with van der Waals surface area (Å²) in [4.78, 5) is 10.8. The van der Waals surface area contributed by atoms with E-state index in [2.05, 4.69) is 11.7 Å². The van der Waals surface area contributed by atoms with Gasteiger partial charge >= 0.3 is 5.97 Å². The Morgan fingerprint density at radius 2 is 1.78 bits per heavy atom. The third-order valence-electron chi connectivity index (χ3n) is 3.50. The third-order valence-corrected chi connectivity index (χ3v) is 3.50. The predicted molar refractivity (Wildman–Crippen MR) is 74.6 cm³/mol. The van der Waals surface area contributed by atoms with Crippen molar-refractivity contribution in [3.63, 3.8) is 0 Å². The molecule has 2 rings (SSSR count). The highest BCUT2D eigenvalue weighted by atomic mass is 16.5. The van der Waals surface area contributed by atoms with Crippen LogP contribution in [0.2, 0.25) is 0 Å². The fraction of sp³-hybridized carbons (Fsp3) is 0.562. The molecule has 1 aromatic rings. The van der Waals surface area contributed by atoms with E-state index in [4.69, 9.17) is 0 Å². The lowest BCUT2D eigenvalue weighted by atomic mass is 9.88. The Balaban J connectivity index is 0.000000184. The zero-order valence-electron chi connectivity index (χ0n) is 11.5. The second-order valence-corrected chi connectivity index (χ2v) is 4.77. The maximum absolute atomic E-state index is 10.8. The van der Waals surface area contributed by atoms with Crippen LogP contribution in [0.4, 0.5) is 0 Å². The van der Waals surface area contributed by atoms with Crippen LogP contribution in [0.5, 0.6) is 0 Å². The number of carbonyl (C=O) groups is 1. The summed E-state index contributed by atoms with van der Waals surface area (Å²) in [6, 6.07) is 8.88. The van der Waals surface area contributed by atoms with Crippen LogP contribution in [0.1, 0.15) is 55.8 Å². The Morgan fingerprint density at radius 1 is 1.17 bits per heavy atom. The van der Waals surface area contributed by atoms with Crippen molar-refractivity contribution in [1.29, 1.82) is 0 Å². The Kier molecular flexibility index (Phi) is 7.16. The van der Waals surface area contributed by atoms with Gasteiger partial charge in [0.2, 0.25) is 0 Å². The van der Waals surface area contributed by atoms with E-state index in [1.165, 1.54) is 45.6 Å². The van der Waals surface area contributed by atoms with Crippen LogP contribution < -0.4 is 0 Å².